The van der Waals surface area contributed by atoms with E-state index in [0.29, 0.717) is 6.54 Å². The molecule has 8 heteroatoms. The third-order valence-corrected chi connectivity index (χ3v) is 7.65. The van der Waals surface area contributed by atoms with Gasteiger partial charge in [0.2, 0.25) is 15.9 Å². The summed E-state index contributed by atoms with van der Waals surface area (Å²) in [7, 11) is -2.21. The normalized spacial score (nSPS) is 16.2. The van der Waals surface area contributed by atoms with Gasteiger partial charge in [0.15, 0.2) is 0 Å². The maximum absolute atomic E-state index is 12.5. The number of benzene rings is 1. The van der Waals surface area contributed by atoms with Crippen LogP contribution in [-0.4, -0.2) is 44.1 Å². The molecule has 28 heavy (non-hydrogen) atoms. The van der Waals surface area contributed by atoms with Gasteiger partial charge in [-0.1, -0.05) is 6.07 Å². The van der Waals surface area contributed by atoms with Crippen molar-refractivity contribution in [1.82, 2.24) is 9.62 Å². The van der Waals surface area contributed by atoms with E-state index in [1.165, 1.54) is 23.0 Å². The number of rotatable bonds is 6. The molecular weight excluding hydrogens is 378 g/mol. The highest BCUT2D eigenvalue weighted by molar-refractivity contribution is 7.90. The average Bonchev–Trinajstić information content (AvgIpc) is 3.27. The minimum atomic E-state index is -3.83. The number of fused-ring (bicyclic) bond motifs is 2. The Morgan fingerprint density at radius 2 is 1.68 bits per heavy atom. The number of hydrogen-bond donors (Lipinski definition) is 2. The number of carbonyl (C=O) groups is 2. The molecule has 3 rings (SSSR count). The fourth-order valence-electron chi connectivity index (χ4n) is 4.02. The summed E-state index contributed by atoms with van der Waals surface area (Å²) in [6, 6.07) is 1.55. The van der Waals surface area contributed by atoms with Gasteiger partial charge in [-0.05, 0) is 74.1 Å². The number of urea groups is 1. The van der Waals surface area contributed by atoms with Crippen LogP contribution in [0.4, 0.5) is 10.5 Å². The van der Waals surface area contributed by atoms with Crippen LogP contribution in [0.15, 0.2) is 6.07 Å². The topological polar surface area (TPSA) is 95.6 Å². The van der Waals surface area contributed by atoms with Crippen LogP contribution >= 0.6 is 0 Å². The van der Waals surface area contributed by atoms with Crippen LogP contribution in [0.1, 0.15) is 55.4 Å². The molecule has 1 aromatic rings. The Hall–Kier alpha value is -2.09. The van der Waals surface area contributed by atoms with Crippen LogP contribution < -0.4 is 10.0 Å². The first-order valence-electron chi connectivity index (χ1n) is 9.90. The van der Waals surface area contributed by atoms with E-state index in [1.54, 1.807) is 14.0 Å². The van der Waals surface area contributed by atoms with Crippen LogP contribution in [-0.2, 0) is 40.5 Å². The summed E-state index contributed by atoms with van der Waals surface area (Å²) in [5, 5.41) is 2.06. The predicted molar refractivity (Wildman–Crippen MR) is 109 cm³/mol. The first-order valence-corrected chi connectivity index (χ1v) is 11.4. The number of amides is 3. The van der Waals surface area contributed by atoms with Gasteiger partial charge in [-0.3, -0.25) is 4.79 Å². The summed E-state index contributed by atoms with van der Waals surface area (Å²) in [4.78, 5) is 25.2. The van der Waals surface area contributed by atoms with Gasteiger partial charge in [0.25, 0.3) is 0 Å². The minimum Gasteiger partial charge on any atom is -0.346 e. The van der Waals surface area contributed by atoms with E-state index in [9.17, 15) is 18.0 Å². The second-order valence-electron chi connectivity index (χ2n) is 7.88. The molecule has 0 bridgehead atoms. The van der Waals surface area contributed by atoms with Crippen molar-refractivity contribution < 1.29 is 18.0 Å². The van der Waals surface area contributed by atoms with E-state index in [1.807, 2.05) is 0 Å². The zero-order valence-electron chi connectivity index (χ0n) is 16.8. The number of hydrogen-bond acceptors (Lipinski definition) is 4. The molecule has 154 valence electrons. The molecule has 2 N–H and O–H groups in total. The Labute approximate surface area is 166 Å². The molecule has 1 aromatic carbocycles. The van der Waals surface area contributed by atoms with Crippen molar-refractivity contribution >= 4 is 27.6 Å². The lowest BCUT2D eigenvalue weighted by atomic mass is 9.99. The summed E-state index contributed by atoms with van der Waals surface area (Å²) >= 11 is 0. The molecule has 1 unspecified atom stereocenters. The van der Waals surface area contributed by atoms with Gasteiger partial charge in [0, 0.05) is 26.2 Å². The number of anilines is 1. The number of carbonyl (C=O) groups excluding carboxylic acids is 2. The maximum Gasteiger partial charge on any atom is 0.332 e. The molecule has 2 aliphatic carbocycles. The van der Waals surface area contributed by atoms with Crippen LogP contribution in [0.25, 0.3) is 0 Å². The van der Waals surface area contributed by atoms with E-state index < -0.39 is 21.3 Å². The van der Waals surface area contributed by atoms with Gasteiger partial charge >= 0.3 is 6.03 Å². The van der Waals surface area contributed by atoms with Gasteiger partial charge in [-0.25, -0.2) is 17.9 Å². The van der Waals surface area contributed by atoms with E-state index in [-0.39, 0.29) is 12.3 Å². The highest BCUT2D eigenvalue weighted by atomic mass is 32.2. The van der Waals surface area contributed by atoms with E-state index in [2.05, 4.69) is 16.1 Å². The summed E-state index contributed by atoms with van der Waals surface area (Å²) in [6.07, 6.45) is 6.24. The molecule has 0 aromatic heterocycles. The SMILES string of the molecule is CC(=O)N(C)CCC(C)S(=O)(=O)NC(=O)Nc1c2c(cc3c1CCC3)CCC2. The molecule has 0 heterocycles. The Morgan fingerprint density at radius 3 is 2.21 bits per heavy atom. The number of nitrogens with one attached hydrogen (secondary N) is 2. The predicted octanol–water partition coefficient (Wildman–Crippen LogP) is 2.37. The lowest BCUT2D eigenvalue weighted by molar-refractivity contribution is -0.127. The van der Waals surface area contributed by atoms with Crippen LogP contribution in [0.3, 0.4) is 0 Å². The second-order valence-corrected chi connectivity index (χ2v) is 9.97. The fourth-order valence-corrected chi connectivity index (χ4v) is 4.95. The zero-order valence-corrected chi connectivity index (χ0v) is 17.6. The van der Waals surface area contributed by atoms with Crippen LogP contribution in [0, 0.1) is 0 Å². The maximum atomic E-state index is 12.5. The van der Waals surface area contributed by atoms with Crippen LogP contribution in [0.2, 0.25) is 0 Å². The molecule has 7 nitrogen and oxygen atoms in total. The number of aryl methyl sites for hydroxylation is 2. The lowest BCUT2D eigenvalue weighted by Gasteiger charge is -2.20. The molecule has 0 fully saturated rings. The Balaban J connectivity index is 1.68. The molecule has 0 aliphatic heterocycles. The molecule has 0 saturated carbocycles. The summed E-state index contributed by atoms with van der Waals surface area (Å²) in [5.41, 5.74) is 5.69. The van der Waals surface area contributed by atoms with E-state index in [4.69, 9.17) is 0 Å². The van der Waals surface area contributed by atoms with Gasteiger partial charge in [0.1, 0.15) is 0 Å². The zero-order chi connectivity index (χ0) is 20.5. The van der Waals surface area contributed by atoms with Crippen molar-refractivity contribution in [2.45, 2.75) is 64.0 Å². The highest BCUT2D eigenvalue weighted by Crippen LogP contribution is 2.38. The van der Waals surface area contributed by atoms with Crippen molar-refractivity contribution in [3.8, 4) is 0 Å². The Morgan fingerprint density at radius 1 is 1.11 bits per heavy atom. The smallest absolute Gasteiger partial charge is 0.332 e. The first kappa shape index (κ1) is 20.6. The van der Waals surface area contributed by atoms with E-state index in [0.717, 1.165) is 55.3 Å². The highest BCUT2D eigenvalue weighted by Gasteiger charge is 2.27. The number of nitrogens with zero attached hydrogens (tertiary/aromatic N) is 1. The minimum absolute atomic E-state index is 0.123. The Bertz CT molecular complexity index is 863. The van der Waals surface area contributed by atoms with Gasteiger partial charge in [0.05, 0.1) is 5.25 Å². The first-order chi connectivity index (χ1) is 13.2. The largest absolute Gasteiger partial charge is 0.346 e. The third-order valence-electron chi connectivity index (χ3n) is 5.88. The van der Waals surface area contributed by atoms with Gasteiger partial charge in [-0.15, -0.1) is 0 Å². The van der Waals surface area contributed by atoms with Crippen molar-refractivity contribution in [3.05, 3.63) is 28.3 Å². The molecule has 0 radical (unpaired) electrons. The molecule has 1 atom stereocenters. The molecule has 0 spiro atoms. The van der Waals surface area contributed by atoms with Gasteiger partial charge < -0.3 is 10.2 Å². The van der Waals surface area contributed by atoms with Crippen LogP contribution in [0.5, 0.6) is 0 Å². The second kappa shape index (κ2) is 8.11. The average molecular weight is 408 g/mol. The monoisotopic (exact) mass is 407 g/mol. The molecule has 0 saturated heterocycles. The summed E-state index contributed by atoms with van der Waals surface area (Å²) in [5.74, 6) is -0.123. The fraction of sp³-hybridized carbons (Fsp3) is 0.600. The standard InChI is InChI=1S/C20H29N3O4S/c1-13(10-11-23(3)14(2)24)28(26,27)22-20(25)21-19-17-8-4-6-15(17)12-16-7-5-9-18(16)19/h12-13H,4-11H2,1-3H3,(H2,21,22,25). The summed E-state index contributed by atoms with van der Waals surface area (Å²) < 4.78 is 27.2. The van der Waals surface area contributed by atoms with Crippen molar-refractivity contribution in [1.29, 1.82) is 0 Å². The molecule has 2 aliphatic rings. The molecule has 3 amide bonds. The quantitative estimate of drug-likeness (QED) is 0.757. The van der Waals surface area contributed by atoms with Crippen molar-refractivity contribution in [2.24, 2.45) is 0 Å². The Kier molecular flexibility index (Phi) is 5.98. The van der Waals surface area contributed by atoms with Crippen molar-refractivity contribution in [2.75, 3.05) is 18.9 Å². The van der Waals surface area contributed by atoms with Crippen molar-refractivity contribution in [3.63, 3.8) is 0 Å². The number of sulfonamides is 1. The lowest BCUT2D eigenvalue weighted by Crippen LogP contribution is -2.41. The summed E-state index contributed by atoms with van der Waals surface area (Å²) in [6.45, 7) is 3.29. The molecular formula is C20H29N3O4S. The van der Waals surface area contributed by atoms with Gasteiger partial charge in [-0.2, -0.15) is 0 Å². The third kappa shape index (κ3) is 4.32. The van der Waals surface area contributed by atoms with E-state index >= 15 is 0 Å².